The second-order valence-corrected chi connectivity index (χ2v) is 10.7. The lowest BCUT2D eigenvalue weighted by Gasteiger charge is -2.38. The van der Waals surface area contributed by atoms with Gasteiger partial charge in [0.15, 0.2) is 0 Å². The van der Waals surface area contributed by atoms with Crippen molar-refractivity contribution in [2.75, 3.05) is 44.2 Å². The van der Waals surface area contributed by atoms with Crippen molar-refractivity contribution >= 4 is 34.4 Å². The van der Waals surface area contributed by atoms with Crippen LogP contribution in [0.4, 0.5) is 5.82 Å². The molecule has 0 unspecified atom stereocenters. The molecular formula is C31H37N5O3. The van der Waals surface area contributed by atoms with Gasteiger partial charge in [-0.1, -0.05) is 36.4 Å². The van der Waals surface area contributed by atoms with Gasteiger partial charge in [-0.25, -0.2) is 4.98 Å². The van der Waals surface area contributed by atoms with Crippen molar-refractivity contribution < 1.29 is 14.4 Å². The van der Waals surface area contributed by atoms with E-state index in [1.54, 1.807) is 24.3 Å². The highest BCUT2D eigenvalue weighted by Crippen LogP contribution is 2.30. The molecule has 5 rings (SSSR count). The van der Waals surface area contributed by atoms with Crippen molar-refractivity contribution in [2.24, 2.45) is 11.8 Å². The minimum atomic E-state index is -0.255. The summed E-state index contributed by atoms with van der Waals surface area (Å²) in [6.45, 7) is 5.68. The maximum atomic E-state index is 13.2. The normalized spacial score (nSPS) is 19.5. The van der Waals surface area contributed by atoms with E-state index in [2.05, 4.69) is 40.7 Å². The van der Waals surface area contributed by atoms with Gasteiger partial charge in [0, 0.05) is 49.6 Å². The number of piperazine rings is 1. The Labute approximate surface area is 229 Å². The van der Waals surface area contributed by atoms with Crippen LogP contribution < -0.4 is 15.5 Å². The van der Waals surface area contributed by atoms with Gasteiger partial charge >= 0.3 is 0 Å². The topological polar surface area (TPSA) is 94.6 Å². The van der Waals surface area contributed by atoms with Gasteiger partial charge in [0.25, 0.3) is 5.91 Å². The lowest BCUT2D eigenvalue weighted by Crippen LogP contribution is -2.51. The Kier molecular flexibility index (Phi) is 8.39. The minimum Gasteiger partial charge on any atom is -0.354 e. The van der Waals surface area contributed by atoms with Crippen LogP contribution in [-0.2, 0) is 9.59 Å². The molecule has 2 N–H and O–H groups in total. The molecule has 0 atom stereocenters. The second-order valence-electron chi connectivity index (χ2n) is 10.7. The zero-order valence-electron chi connectivity index (χ0n) is 22.6. The summed E-state index contributed by atoms with van der Waals surface area (Å²) in [7, 11) is 0. The molecule has 2 aliphatic rings. The van der Waals surface area contributed by atoms with E-state index in [-0.39, 0.29) is 30.2 Å². The molecule has 0 radical (unpaired) electrons. The number of carbonyl (C=O) groups excluding carboxylic acids is 3. The quantitative estimate of drug-likeness (QED) is 0.490. The molecule has 3 amide bonds. The number of hydrogen-bond acceptors (Lipinski definition) is 5. The molecule has 2 fully saturated rings. The maximum absolute atomic E-state index is 13.2. The Morgan fingerprint density at radius 1 is 0.872 bits per heavy atom. The van der Waals surface area contributed by atoms with Crippen LogP contribution in [0.2, 0.25) is 0 Å². The molecule has 1 saturated heterocycles. The third-order valence-corrected chi connectivity index (χ3v) is 8.05. The van der Waals surface area contributed by atoms with Crippen molar-refractivity contribution in [1.82, 2.24) is 20.5 Å². The fourth-order valence-corrected chi connectivity index (χ4v) is 5.69. The fraction of sp³-hybridized carbons (Fsp3) is 0.419. The number of benzene rings is 2. The minimum absolute atomic E-state index is 0.0399. The standard InChI is InChI=1S/C31H37N5O3/c1-22-19-28(34-27-10-6-5-9-26(22)27)35-15-17-36(18-16-35)31(39)25-13-11-23(12-14-25)20-32-29(37)21-33-30(38)24-7-3-2-4-8-24/h2-10,19,23,25H,11-18,20-21H2,1H3,(H,32,37)(H,33,38). The summed E-state index contributed by atoms with van der Waals surface area (Å²) in [6, 6.07) is 19.2. The van der Waals surface area contributed by atoms with Crippen molar-refractivity contribution in [2.45, 2.75) is 32.6 Å². The van der Waals surface area contributed by atoms with E-state index in [0.717, 1.165) is 63.2 Å². The molecule has 1 saturated carbocycles. The van der Waals surface area contributed by atoms with Gasteiger partial charge in [-0.05, 0) is 68.4 Å². The van der Waals surface area contributed by atoms with E-state index >= 15 is 0 Å². The largest absolute Gasteiger partial charge is 0.354 e. The van der Waals surface area contributed by atoms with Crippen LogP contribution >= 0.6 is 0 Å². The highest BCUT2D eigenvalue weighted by atomic mass is 16.2. The average Bonchev–Trinajstić information content (AvgIpc) is 2.99. The van der Waals surface area contributed by atoms with Crippen LogP contribution in [0, 0.1) is 18.8 Å². The van der Waals surface area contributed by atoms with E-state index in [0.29, 0.717) is 18.0 Å². The number of hydrogen-bond donors (Lipinski definition) is 2. The number of carbonyl (C=O) groups is 3. The molecule has 204 valence electrons. The molecule has 2 aromatic carbocycles. The molecule has 3 aromatic rings. The van der Waals surface area contributed by atoms with E-state index in [1.807, 2.05) is 23.1 Å². The molecule has 1 aromatic heterocycles. The van der Waals surface area contributed by atoms with Crippen LogP contribution in [0.3, 0.4) is 0 Å². The summed E-state index contributed by atoms with van der Waals surface area (Å²) in [5.74, 6) is 1.24. The molecule has 1 aliphatic carbocycles. The molecule has 1 aliphatic heterocycles. The predicted molar refractivity (Wildman–Crippen MR) is 153 cm³/mol. The van der Waals surface area contributed by atoms with Crippen molar-refractivity contribution in [3.8, 4) is 0 Å². The van der Waals surface area contributed by atoms with E-state index in [9.17, 15) is 14.4 Å². The zero-order valence-corrected chi connectivity index (χ0v) is 22.6. The number of para-hydroxylation sites is 1. The van der Waals surface area contributed by atoms with Crippen molar-refractivity contribution in [3.05, 3.63) is 71.8 Å². The third-order valence-electron chi connectivity index (χ3n) is 8.05. The summed E-state index contributed by atoms with van der Waals surface area (Å²) < 4.78 is 0. The fourth-order valence-electron chi connectivity index (χ4n) is 5.69. The number of aromatic nitrogens is 1. The van der Waals surface area contributed by atoms with Crippen LogP contribution in [-0.4, -0.2) is 66.9 Å². The van der Waals surface area contributed by atoms with Gasteiger partial charge in [-0.15, -0.1) is 0 Å². The Morgan fingerprint density at radius 3 is 2.31 bits per heavy atom. The Hall–Kier alpha value is -3.94. The highest BCUT2D eigenvalue weighted by molar-refractivity contribution is 5.96. The van der Waals surface area contributed by atoms with Crippen LogP contribution in [0.25, 0.3) is 10.9 Å². The Balaban J connectivity index is 1.02. The monoisotopic (exact) mass is 527 g/mol. The first-order chi connectivity index (χ1) is 19.0. The number of amides is 3. The summed E-state index contributed by atoms with van der Waals surface area (Å²) in [4.78, 5) is 46.7. The number of rotatable bonds is 7. The van der Waals surface area contributed by atoms with Gasteiger partial charge in [0.1, 0.15) is 5.82 Å². The molecule has 39 heavy (non-hydrogen) atoms. The second kappa shape index (κ2) is 12.3. The first-order valence-electron chi connectivity index (χ1n) is 14.0. The lowest BCUT2D eigenvalue weighted by atomic mass is 9.81. The van der Waals surface area contributed by atoms with Gasteiger partial charge in [0.05, 0.1) is 12.1 Å². The summed E-state index contributed by atoms with van der Waals surface area (Å²) in [5.41, 5.74) is 2.77. The van der Waals surface area contributed by atoms with Crippen LogP contribution in [0.5, 0.6) is 0 Å². The van der Waals surface area contributed by atoms with Gasteiger partial charge < -0.3 is 20.4 Å². The smallest absolute Gasteiger partial charge is 0.251 e. The number of fused-ring (bicyclic) bond motifs is 1. The van der Waals surface area contributed by atoms with Crippen molar-refractivity contribution in [1.29, 1.82) is 0 Å². The first-order valence-corrected chi connectivity index (χ1v) is 14.0. The molecule has 2 heterocycles. The summed E-state index contributed by atoms with van der Waals surface area (Å²) in [6.07, 6.45) is 3.56. The Bertz CT molecular complexity index is 1310. The summed E-state index contributed by atoms with van der Waals surface area (Å²) >= 11 is 0. The average molecular weight is 528 g/mol. The predicted octanol–water partition coefficient (Wildman–Crippen LogP) is 3.54. The van der Waals surface area contributed by atoms with Gasteiger partial charge in [0.2, 0.25) is 11.8 Å². The molecule has 0 spiro atoms. The number of anilines is 1. The van der Waals surface area contributed by atoms with E-state index < -0.39 is 0 Å². The van der Waals surface area contributed by atoms with Crippen molar-refractivity contribution in [3.63, 3.8) is 0 Å². The third kappa shape index (κ3) is 6.56. The number of nitrogens with one attached hydrogen (secondary N) is 2. The molecule has 8 heteroatoms. The number of pyridine rings is 1. The Morgan fingerprint density at radius 2 is 1.56 bits per heavy atom. The van der Waals surface area contributed by atoms with E-state index in [1.165, 1.54) is 10.9 Å². The first kappa shape index (κ1) is 26.7. The maximum Gasteiger partial charge on any atom is 0.251 e. The van der Waals surface area contributed by atoms with Crippen LogP contribution in [0.15, 0.2) is 60.7 Å². The SMILES string of the molecule is Cc1cc(N2CCN(C(=O)C3CCC(CNC(=O)CNC(=O)c4ccccc4)CC3)CC2)nc2ccccc12. The van der Waals surface area contributed by atoms with Gasteiger partial charge in [-0.3, -0.25) is 14.4 Å². The van der Waals surface area contributed by atoms with Gasteiger partial charge in [-0.2, -0.15) is 0 Å². The molecule has 0 bridgehead atoms. The molecule has 8 nitrogen and oxygen atoms in total. The van der Waals surface area contributed by atoms with Crippen LogP contribution in [0.1, 0.15) is 41.6 Å². The van der Waals surface area contributed by atoms with E-state index in [4.69, 9.17) is 4.98 Å². The molecular weight excluding hydrogens is 490 g/mol. The summed E-state index contributed by atoms with van der Waals surface area (Å²) in [5, 5.41) is 6.78. The number of aryl methyl sites for hydroxylation is 1. The zero-order chi connectivity index (χ0) is 27.2. The lowest BCUT2D eigenvalue weighted by molar-refractivity contribution is -0.137. The highest BCUT2D eigenvalue weighted by Gasteiger charge is 2.31. The number of nitrogens with zero attached hydrogens (tertiary/aromatic N) is 3.